The zero-order valence-electron chi connectivity index (χ0n) is 25.2. The van der Waals surface area contributed by atoms with Crippen LogP contribution in [0.2, 0.25) is 0 Å². The molecule has 2 heterocycles. The Balaban J connectivity index is 1.25. The first-order valence-corrected chi connectivity index (χ1v) is 15.4. The third-order valence-corrected chi connectivity index (χ3v) is 8.10. The Hall–Kier alpha value is -4.58. The van der Waals surface area contributed by atoms with E-state index in [0.717, 1.165) is 29.0 Å². The second-order valence-corrected chi connectivity index (χ2v) is 12.0. The number of benzene rings is 3. The number of urea groups is 1. The number of hydrogen-bond donors (Lipinski definition) is 1. The molecule has 1 fully saturated rings. The smallest absolute Gasteiger partial charge is 0.406 e. The van der Waals surface area contributed by atoms with Crippen molar-refractivity contribution in [1.82, 2.24) is 20.1 Å². The van der Waals surface area contributed by atoms with Crippen molar-refractivity contribution in [3.63, 3.8) is 0 Å². The van der Waals surface area contributed by atoms with Crippen molar-refractivity contribution in [3.05, 3.63) is 95.9 Å². The first-order valence-electron chi connectivity index (χ1n) is 14.4. The summed E-state index contributed by atoms with van der Waals surface area (Å²) >= 11 is 1.59. The van der Waals surface area contributed by atoms with Crippen molar-refractivity contribution in [1.29, 1.82) is 0 Å². The van der Waals surface area contributed by atoms with Gasteiger partial charge in [-0.15, -0.1) is 18.3 Å². The van der Waals surface area contributed by atoms with Gasteiger partial charge in [0.1, 0.15) is 12.1 Å². The molecular weight excluding hydrogens is 601 g/mol. The third-order valence-electron chi connectivity index (χ3n) is 7.11. The lowest BCUT2D eigenvalue weighted by atomic mass is 9.99. The minimum absolute atomic E-state index is 0.215. The maximum Gasteiger partial charge on any atom is 0.573 e. The number of anilines is 1. The Labute approximate surface area is 264 Å². The Kier molecular flexibility index (Phi) is 9.62. The molecule has 0 saturated carbocycles. The van der Waals surface area contributed by atoms with Gasteiger partial charge in [0.2, 0.25) is 0 Å². The number of aliphatic imine (C=N–C) groups is 1. The number of amides is 2. The number of hydrogen-bond acceptors (Lipinski definition) is 5. The van der Waals surface area contributed by atoms with Crippen molar-refractivity contribution < 1.29 is 22.7 Å². The van der Waals surface area contributed by atoms with Crippen LogP contribution in [0.15, 0.2) is 89.8 Å². The molecule has 1 atom stereocenters. The van der Waals surface area contributed by atoms with E-state index >= 15 is 0 Å². The first-order chi connectivity index (χ1) is 21.5. The molecule has 1 aliphatic heterocycles. The lowest BCUT2D eigenvalue weighted by Crippen LogP contribution is -2.42. The van der Waals surface area contributed by atoms with Gasteiger partial charge in [0.15, 0.2) is 11.0 Å². The van der Waals surface area contributed by atoms with Crippen molar-refractivity contribution in [2.45, 2.75) is 52.4 Å². The Morgan fingerprint density at radius 1 is 1.09 bits per heavy atom. The number of carbonyl (C=O) groups excluding carboxylic acids is 1. The van der Waals surface area contributed by atoms with Crippen LogP contribution < -0.4 is 15.0 Å². The number of amidine groups is 1. The number of halogens is 3. The summed E-state index contributed by atoms with van der Waals surface area (Å²) in [4.78, 5) is 24.0. The quantitative estimate of drug-likeness (QED) is 0.220. The number of rotatable bonds is 7. The molecule has 1 saturated heterocycles. The molecule has 234 valence electrons. The summed E-state index contributed by atoms with van der Waals surface area (Å²) in [5, 5.41) is 8.01. The summed E-state index contributed by atoms with van der Waals surface area (Å²) in [5.74, 6) is 1.36. The minimum Gasteiger partial charge on any atom is -0.406 e. The van der Waals surface area contributed by atoms with Crippen LogP contribution in [0, 0.1) is 0 Å². The molecule has 0 radical (unpaired) electrons. The molecule has 1 N–H and O–H groups in total. The predicted octanol–water partition coefficient (Wildman–Crippen LogP) is 8.41. The molecule has 0 bridgehead atoms. The number of alkyl halides is 3. The van der Waals surface area contributed by atoms with E-state index in [1.165, 1.54) is 40.8 Å². The van der Waals surface area contributed by atoms with E-state index in [0.29, 0.717) is 28.3 Å². The molecule has 45 heavy (non-hydrogen) atoms. The van der Waals surface area contributed by atoms with Crippen LogP contribution in [0.3, 0.4) is 0 Å². The van der Waals surface area contributed by atoms with E-state index in [2.05, 4.69) is 62.9 Å². The fourth-order valence-electron chi connectivity index (χ4n) is 4.95. The lowest BCUT2D eigenvalue weighted by molar-refractivity contribution is -0.274. The van der Waals surface area contributed by atoms with E-state index in [4.69, 9.17) is 0 Å². The number of carbonyl (C=O) groups is 1. The largest absolute Gasteiger partial charge is 0.573 e. The van der Waals surface area contributed by atoms with E-state index in [1.54, 1.807) is 11.8 Å². The normalized spacial score (nSPS) is 16.7. The van der Waals surface area contributed by atoms with Crippen LogP contribution in [0.25, 0.3) is 23.2 Å². The molecule has 5 rings (SSSR count). The third kappa shape index (κ3) is 8.13. The highest BCUT2D eigenvalue weighted by atomic mass is 32.2. The predicted molar refractivity (Wildman–Crippen MR) is 173 cm³/mol. The summed E-state index contributed by atoms with van der Waals surface area (Å²) in [7, 11) is 0. The van der Waals surface area contributed by atoms with Gasteiger partial charge in [-0.1, -0.05) is 68.1 Å². The molecule has 4 aromatic rings. The maximum absolute atomic E-state index is 13.0. The summed E-state index contributed by atoms with van der Waals surface area (Å²) in [5.41, 5.74) is 5.08. The van der Waals surface area contributed by atoms with Crippen molar-refractivity contribution in [3.8, 4) is 22.8 Å². The maximum atomic E-state index is 13.0. The van der Waals surface area contributed by atoms with Gasteiger partial charge in [0, 0.05) is 28.7 Å². The van der Waals surface area contributed by atoms with Crippen LogP contribution in [0.4, 0.5) is 23.7 Å². The topological polar surface area (TPSA) is 84.6 Å². The van der Waals surface area contributed by atoms with Gasteiger partial charge in [-0.3, -0.25) is 0 Å². The highest BCUT2D eigenvalue weighted by Crippen LogP contribution is 2.34. The molecule has 8 nitrogen and oxygen atoms in total. The summed E-state index contributed by atoms with van der Waals surface area (Å²) in [6.07, 6.45) is -0.424. The van der Waals surface area contributed by atoms with E-state index in [1.807, 2.05) is 49.4 Å². The first kappa shape index (κ1) is 31.8. The highest BCUT2D eigenvalue weighted by Gasteiger charge is 2.31. The number of allylic oxidation sites excluding steroid dienone is 1. The lowest BCUT2D eigenvalue weighted by Gasteiger charge is -2.37. The van der Waals surface area contributed by atoms with Gasteiger partial charge >= 0.3 is 12.4 Å². The summed E-state index contributed by atoms with van der Waals surface area (Å²) in [6.45, 7) is 8.30. The second kappa shape index (κ2) is 13.6. The Morgan fingerprint density at radius 3 is 2.49 bits per heavy atom. The molecule has 1 unspecified atom stereocenters. The number of thioether (sulfide) groups is 1. The molecule has 0 spiro atoms. The van der Waals surface area contributed by atoms with Crippen LogP contribution in [0.1, 0.15) is 51.2 Å². The van der Waals surface area contributed by atoms with Crippen LogP contribution in [-0.2, 0) is 0 Å². The van der Waals surface area contributed by atoms with Gasteiger partial charge in [0.25, 0.3) is 0 Å². The minimum atomic E-state index is -4.75. The van der Waals surface area contributed by atoms with Gasteiger partial charge < -0.3 is 15.0 Å². The van der Waals surface area contributed by atoms with Crippen LogP contribution >= 0.6 is 11.8 Å². The van der Waals surface area contributed by atoms with Gasteiger partial charge in [-0.05, 0) is 73.7 Å². The zero-order valence-corrected chi connectivity index (χ0v) is 26.1. The molecule has 1 aliphatic rings. The molecule has 12 heteroatoms. The number of nitrogens with zero attached hydrogens (tertiary/aromatic N) is 5. The number of aromatic nitrogens is 3. The number of ether oxygens (including phenoxy) is 1. The van der Waals surface area contributed by atoms with Crippen molar-refractivity contribution >= 4 is 34.7 Å². The monoisotopic (exact) mass is 634 g/mol. The fourth-order valence-corrected chi connectivity index (χ4v) is 6.15. The van der Waals surface area contributed by atoms with E-state index < -0.39 is 12.4 Å². The van der Waals surface area contributed by atoms with Crippen molar-refractivity contribution in [2.75, 3.05) is 10.7 Å². The Bertz CT molecular complexity index is 1700. The average Bonchev–Trinajstić information content (AvgIpc) is 3.47. The average molecular weight is 635 g/mol. The van der Waals surface area contributed by atoms with E-state index in [9.17, 15) is 18.0 Å². The number of para-hydroxylation sites is 1. The van der Waals surface area contributed by atoms with Crippen LogP contribution in [-0.4, -0.2) is 44.1 Å². The molecule has 1 aromatic heterocycles. The molecule has 0 aliphatic carbocycles. The standard InChI is InChI=1S/C33H33F3N6O2S/c1-21(2)28-7-5-6-8-29(28)42-23(4)17-18-45-32(42)39-31(43)38-22(3)19-24-9-11-25(12-10-24)30-37-20-41(40-30)26-13-15-27(16-14-26)44-33(34,35)36/h5-16,19-21,23H,17-18H2,1-4H3,(H,38,43)/b22-19+,39-32-. The number of nitrogens with one attached hydrogen (secondary N) is 1. The second-order valence-electron chi connectivity index (χ2n) is 10.9. The molecule has 2 amide bonds. The summed E-state index contributed by atoms with van der Waals surface area (Å²) < 4.78 is 42.7. The van der Waals surface area contributed by atoms with Gasteiger partial charge in [-0.25, -0.2) is 14.5 Å². The SMILES string of the molecule is C/C(=C\c1ccc(-c2ncn(-c3ccc(OC(F)(F)F)cc3)n2)cc1)NC(=O)/N=C1\SCCC(C)N1c1ccccc1C(C)C. The molecule has 3 aromatic carbocycles. The molecular formula is C33H33F3N6O2S. The van der Waals surface area contributed by atoms with E-state index in [-0.39, 0.29) is 11.8 Å². The Morgan fingerprint density at radius 2 is 1.80 bits per heavy atom. The van der Waals surface area contributed by atoms with Gasteiger partial charge in [0.05, 0.1) is 5.69 Å². The van der Waals surface area contributed by atoms with Crippen molar-refractivity contribution in [2.24, 2.45) is 4.99 Å². The highest BCUT2D eigenvalue weighted by molar-refractivity contribution is 8.14. The van der Waals surface area contributed by atoms with Gasteiger partial charge in [-0.2, -0.15) is 4.99 Å². The fraction of sp³-hybridized carbons (Fsp3) is 0.273. The van der Waals surface area contributed by atoms with Crippen LogP contribution in [0.5, 0.6) is 5.75 Å². The zero-order chi connectivity index (χ0) is 32.1. The summed E-state index contributed by atoms with van der Waals surface area (Å²) in [6, 6.07) is 20.9.